The van der Waals surface area contributed by atoms with Gasteiger partial charge in [-0.1, -0.05) is 27.9 Å². The molecule has 1 fully saturated rings. The van der Waals surface area contributed by atoms with E-state index < -0.39 is 0 Å². The highest BCUT2D eigenvalue weighted by Crippen LogP contribution is 2.27. The van der Waals surface area contributed by atoms with Crippen LogP contribution in [0.15, 0.2) is 27.5 Å². The zero-order valence-corrected chi connectivity index (χ0v) is 14.2. The third-order valence-corrected chi connectivity index (χ3v) is 5.31. The van der Waals surface area contributed by atoms with Crippen LogP contribution in [0.4, 0.5) is 5.95 Å². The summed E-state index contributed by atoms with van der Waals surface area (Å²) in [5.41, 5.74) is 6.66. The van der Waals surface area contributed by atoms with Gasteiger partial charge in [0.05, 0.1) is 10.9 Å². The number of nitrogens with two attached hydrogens (primary N) is 1. The smallest absolute Gasteiger partial charge is 0.263 e. The molecule has 1 aliphatic rings. The molecule has 0 bridgehead atoms. The SMILES string of the molecule is CSN1CCC(n2c(N)nc3ccc(Br)cc3c2=O)CC1. The van der Waals surface area contributed by atoms with Crippen LogP contribution >= 0.6 is 27.9 Å². The Morgan fingerprint density at radius 3 is 2.76 bits per heavy atom. The normalized spacial score (nSPS) is 17.4. The average Bonchev–Trinajstić information content (AvgIpc) is 2.49. The second-order valence-corrected chi connectivity index (χ2v) is 6.95. The Morgan fingerprint density at radius 2 is 2.10 bits per heavy atom. The van der Waals surface area contributed by atoms with Crippen LogP contribution < -0.4 is 11.3 Å². The summed E-state index contributed by atoms with van der Waals surface area (Å²) in [5.74, 6) is 0.317. The van der Waals surface area contributed by atoms with Crippen molar-refractivity contribution in [1.29, 1.82) is 0 Å². The summed E-state index contributed by atoms with van der Waals surface area (Å²) in [6, 6.07) is 5.64. The van der Waals surface area contributed by atoms with Crippen molar-refractivity contribution in [3.05, 3.63) is 33.0 Å². The minimum atomic E-state index is -0.0404. The van der Waals surface area contributed by atoms with Gasteiger partial charge in [-0.05, 0) is 37.3 Å². The highest BCUT2D eigenvalue weighted by molar-refractivity contribution is 9.10. The lowest BCUT2D eigenvalue weighted by atomic mass is 10.1. The van der Waals surface area contributed by atoms with Crippen molar-refractivity contribution in [2.24, 2.45) is 0 Å². The van der Waals surface area contributed by atoms with Crippen LogP contribution in [0, 0.1) is 0 Å². The molecule has 21 heavy (non-hydrogen) atoms. The van der Waals surface area contributed by atoms with E-state index in [0.29, 0.717) is 16.9 Å². The van der Waals surface area contributed by atoms with Crippen LogP contribution in [0.5, 0.6) is 0 Å². The van der Waals surface area contributed by atoms with Gasteiger partial charge in [0.25, 0.3) is 5.56 Å². The van der Waals surface area contributed by atoms with E-state index in [1.54, 1.807) is 16.5 Å². The van der Waals surface area contributed by atoms with Gasteiger partial charge in [0.15, 0.2) is 0 Å². The molecule has 0 spiro atoms. The molecule has 112 valence electrons. The summed E-state index contributed by atoms with van der Waals surface area (Å²) in [7, 11) is 0. The lowest BCUT2D eigenvalue weighted by Gasteiger charge is -2.31. The van der Waals surface area contributed by atoms with Gasteiger partial charge in [0.1, 0.15) is 0 Å². The van der Waals surface area contributed by atoms with Crippen molar-refractivity contribution < 1.29 is 0 Å². The average molecular weight is 369 g/mol. The van der Waals surface area contributed by atoms with Crippen molar-refractivity contribution in [2.45, 2.75) is 18.9 Å². The molecule has 1 aromatic heterocycles. The molecule has 0 aliphatic carbocycles. The second kappa shape index (κ2) is 5.98. The first-order valence-corrected chi connectivity index (χ1v) is 8.84. The van der Waals surface area contributed by atoms with Gasteiger partial charge in [-0.2, -0.15) is 0 Å². The lowest BCUT2D eigenvalue weighted by Crippen LogP contribution is -2.35. The van der Waals surface area contributed by atoms with Gasteiger partial charge in [0, 0.05) is 23.6 Å². The van der Waals surface area contributed by atoms with Crippen LogP contribution in [-0.4, -0.2) is 33.2 Å². The summed E-state index contributed by atoms with van der Waals surface area (Å²) < 4.78 is 4.86. The zero-order valence-electron chi connectivity index (χ0n) is 11.8. The van der Waals surface area contributed by atoms with Gasteiger partial charge >= 0.3 is 0 Å². The number of rotatable bonds is 2. The van der Waals surface area contributed by atoms with Crippen LogP contribution in [-0.2, 0) is 0 Å². The Kier molecular flexibility index (Phi) is 4.24. The molecule has 0 radical (unpaired) electrons. The zero-order chi connectivity index (χ0) is 15.0. The Hall–Kier alpha value is -1.05. The Bertz CT molecular complexity index is 725. The fourth-order valence-electron chi connectivity index (χ4n) is 2.82. The first-order valence-electron chi connectivity index (χ1n) is 6.86. The first kappa shape index (κ1) is 14.9. The highest BCUT2D eigenvalue weighted by Gasteiger charge is 2.23. The predicted molar refractivity (Wildman–Crippen MR) is 91.5 cm³/mol. The van der Waals surface area contributed by atoms with Gasteiger partial charge in [-0.3, -0.25) is 13.7 Å². The summed E-state index contributed by atoms with van der Waals surface area (Å²) in [5, 5.41) is 0.617. The van der Waals surface area contributed by atoms with E-state index in [2.05, 4.69) is 31.5 Å². The molecule has 5 nitrogen and oxygen atoms in total. The fourth-order valence-corrected chi connectivity index (χ4v) is 3.76. The number of hydrogen-bond acceptors (Lipinski definition) is 5. The van der Waals surface area contributed by atoms with Crippen LogP contribution in [0.3, 0.4) is 0 Å². The molecule has 3 rings (SSSR count). The second-order valence-electron chi connectivity index (χ2n) is 5.15. The van der Waals surface area contributed by atoms with Crippen molar-refractivity contribution in [1.82, 2.24) is 13.9 Å². The van der Waals surface area contributed by atoms with Crippen molar-refractivity contribution in [3.8, 4) is 0 Å². The van der Waals surface area contributed by atoms with E-state index in [0.717, 1.165) is 30.4 Å². The van der Waals surface area contributed by atoms with E-state index in [1.807, 2.05) is 18.2 Å². The molecular formula is C14H17BrN4OS. The third kappa shape index (κ3) is 2.82. The van der Waals surface area contributed by atoms with Crippen LogP contribution in [0.2, 0.25) is 0 Å². The van der Waals surface area contributed by atoms with Crippen LogP contribution in [0.1, 0.15) is 18.9 Å². The number of hydrogen-bond donors (Lipinski definition) is 1. The van der Waals surface area contributed by atoms with Crippen LogP contribution in [0.25, 0.3) is 10.9 Å². The maximum Gasteiger partial charge on any atom is 0.263 e. The molecule has 1 aliphatic heterocycles. The molecule has 0 saturated carbocycles. The maximum absolute atomic E-state index is 12.8. The number of anilines is 1. The topological polar surface area (TPSA) is 64.2 Å². The Balaban J connectivity index is 2.04. The van der Waals surface area contributed by atoms with E-state index in [1.165, 1.54) is 0 Å². The fraction of sp³-hybridized carbons (Fsp3) is 0.429. The Labute approximate surface area is 135 Å². The van der Waals surface area contributed by atoms with Gasteiger partial charge < -0.3 is 5.73 Å². The summed E-state index contributed by atoms with van der Waals surface area (Å²) >= 11 is 5.16. The molecular weight excluding hydrogens is 352 g/mol. The Morgan fingerprint density at radius 1 is 1.38 bits per heavy atom. The molecule has 2 aromatic rings. The summed E-state index contributed by atoms with van der Waals surface area (Å²) in [6.45, 7) is 1.93. The van der Waals surface area contributed by atoms with E-state index >= 15 is 0 Å². The molecule has 2 N–H and O–H groups in total. The molecule has 1 saturated heterocycles. The standard InChI is InChI=1S/C14H17BrN4OS/c1-21-18-6-4-10(5-7-18)19-13(20)11-8-9(15)2-3-12(11)17-14(19)16/h2-3,8,10H,4-7H2,1H3,(H2,16,17). The number of piperidine rings is 1. The van der Waals surface area contributed by atoms with Gasteiger partial charge in [-0.15, -0.1) is 0 Å². The van der Waals surface area contributed by atoms with Gasteiger partial charge in [-0.25, -0.2) is 4.98 Å². The molecule has 0 amide bonds. The monoisotopic (exact) mass is 368 g/mol. The number of nitrogen functional groups attached to an aromatic ring is 1. The molecule has 1 aromatic carbocycles. The number of aromatic nitrogens is 2. The van der Waals surface area contributed by atoms with E-state index in [4.69, 9.17) is 5.73 Å². The highest BCUT2D eigenvalue weighted by atomic mass is 79.9. The van der Waals surface area contributed by atoms with Gasteiger partial charge in [0.2, 0.25) is 5.95 Å². The first-order chi connectivity index (χ1) is 10.1. The third-order valence-electron chi connectivity index (χ3n) is 3.94. The van der Waals surface area contributed by atoms with E-state index in [-0.39, 0.29) is 11.6 Å². The number of fused-ring (bicyclic) bond motifs is 1. The number of benzene rings is 1. The molecule has 0 atom stereocenters. The summed E-state index contributed by atoms with van der Waals surface area (Å²) in [4.78, 5) is 17.1. The largest absolute Gasteiger partial charge is 0.369 e. The van der Waals surface area contributed by atoms with E-state index in [9.17, 15) is 4.79 Å². The molecule has 0 unspecified atom stereocenters. The molecule has 2 heterocycles. The van der Waals surface area contributed by atoms with Crippen molar-refractivity contribution in [3.63, 3.8) is 0 Å². The predicted octanol–water partition coefficient (Wildman–Crippen LogP) is 2.66. The minimum absolute atomic E-state index is 0.0404. The lowest BCUT2D eigenvalue weighted by molar-refractivity contribution is 0.289. The maximum atomic E-state index is 12.8. The number of halogens is 1. The van der Waals surface area contributed by atoms with Crippen molar-refractivity contribution in [2.75, 3.05) is 25.1 Å². The molecule has 7 heteroatoms. The number of nitrogens with zero attached hydrogens (tertiary/aromatic N) is 3. The minimum Gasteiger partial charge on any atom is -0.369 e. The van der Waals surface area contributed by atoms with Crippen molar-refractivity contribution >= 4 is 44.7 Å². The summed E-state index contributed by atoms with van der Waals surface area (Å²) in [6.07, 6.45) is 3.92. The quantitative estimate of drug-likeness (QED) is 0.825.